The lowest BCUT2D eigenvalue weighted by Gasteiger charge is -2.17. The zero-order valence-electron chi connectivity index (χ0n) is 8.03. The van der Waals surface area contributed by atoms with Gasteiger partial charge in [-0.05, 0) is 18.4 Å². The Morgan fingerprint density at radius 3 is 2.36 bits per heavy atom. The molecule has 1 saturated carbocycles. The number of amides is 1. The molecular formula is C11H12ClNO. The normalized spacial score (nSPS) is 17.6. The first-order valence-electron chi connectivity index (χ1n) is 4.66. The van der Waals surface area contributed by atoms with Crippen molar-refractivity contribution in [2.24, 2.45) is 0 Å². The van der Waals surface area contributed by atoms with Crippen LogP contribution in [0.5, 0.6) is 0 Å². The van der Waals surface area contributed by atoms with Crippen LogP contribution in [0, 0.1) is 0 Å². The van der Waals surface area contributed by atoms with E-state index in [2.05, 4.69) is 0 Å². The van der Waals surface area contributed by atoms with Gasteiger partial charge >= 0.3 is 0 Å². The van der Waals surface area contributed by atoms with Gasteiger partial charge in [0, 0.05) is 18.8 Å². The van der Waals surface area contributed by atoms with Crippen molar-refractivity contribution in [1.29, 1.82) is 0 Å². The standard InChI is InChI=1S/C11H12ClNO/c1-13(12)10(14)11(7-8-11)9-5-3-2-4-6-9/h2-6H,7-8H2,1H3. The Morgan fingerprint density at radius 2 is 1.93 bits per heavy atom. The predicted octanol–water partition coefficient (Wildman–Crippen LogP) is 2.33. The largest absolute Gasteiger partial charge is 0.273 e. The van der Waals surface area contributed by atoms with Crippen molar-refractivity contribution < 1.29 is 4.79 Å². The fourth-order valence-electron chi connectivity index (χ4n) is 1.80. The van der Waals surface area contributed by atoms with Gasteiger partial charge in [-0.2, -0.15) is 0 Å². The molecule has 1 aromatic carbocycles. The van der Waals surface area contributed by atoms with Crippen molar-refractivity contribution in [3.8, 4) is 0 Å². The molecule has 0 aromatic heterocycles. The van der Waals surface area contributed by atoms with E-state index in [0.29, 0.717) is 0 Å². The molecule has 1 aliphatic carbocycles. The van der Waals surface area contributed by atoms with Gasteiger partial charge in [-0.1, -0.05) is 30.3 Å². The first-order valence-corrected chi connectivity index (χ1v) is 5.00. The average Bonchev–Trinajstić information content (AvgIpc) is 2.99. The third-order valence-corrected chi connectivity index (χ3v) is 2.92. The van der Waals surface area contributed by atoms with Gasteiger partial charge in [0.15, 0.2) is 0 Å². The molecule has 14 heavy (non-hydrogen) atoms. The average molecular weight is 210 g/mol. The first kappa shape index (κ1) is 9.53. The van der Waals surface area contributed by atoms with Crippen molar-refractivity contribution in [3.05, 3.63) is 35.9 Å². The van der Waals surface area contributed by atoms with Crippen LogP contribution in [0.1, 0.15) is 18.4 Å². The SMILES string of the molecule is CN(Cl)C(=O)C1(c2ccccc2)CC1. The molecule has 1 fully saturated rings. The Morgan fingerprint density at radius 1 is 1.36 bits per heavy atom. The van der Waals surface area contributed by atoms with Crippen LogP contribution in [-0.4, -0.2) is 17.4 Å². The number of nitrogens with zero attached hydrogens (tertiary/aromatic N) is 1. The van der Waals surface area contributed by atoms with Crippen molar-refractivity contribution in [1.82, 2.24) is 4.42 Å². The molecule has 74 valence electrons. The molecule has 1 aromatic rings. The molecule has 2 rings (SSSR count). The second-order valence-corrected chi connectivity index (χ2v) is 4.24. The fraction of sp³-hybridized carbons (Fsp3) is 0.364. The predicted molar refractivity (Wildman–Crippen MR) is 56.0 cm³/mol. The molecule has 0 spiro atoms. The molecule has 0 saturated heterocycles. The molecule has 2 nitrogen and oxygen atoms in total. The highest BCUT2D eigenvalue weighted by atomic mass is 35.5. The van der Waals surface area contributed by atoms with E-state index in [9.17, 15) is 4.79 Å². The summed E-state index contributed by atoms with van der Waals surface area (Å²) in [4.78, 5) is 11.8. The summed E-state index contributed by atoms with van der Waals surface area (Å²) >= 11 is 5.69. The summed E-state index contributed by atoms with van der Waals surface area (Å²) in [7, 11) is 1.59. The summed E-state index contributed by atoms with van der Waals surface area (Å²) in [6.07, 6.45) is 1.82. The number of hydrogen-bond donors (Lipinski definition) is 0. The van der Waals surface area contributed by atoms with Crippen molar-refractivity contribution in [3.63, 3.8) is 0 Å². The maximum Gasteiger partial charge on any atom is 0.247 e. The van der Waals surface area contributed by atoms with E-state index in [0.717, 1.165) is 18.4 Å². The number of hydrogen-bond acceptors (Lipinski definition) is 1. The summed E-state index contributed by atoms with van der Waals surface area (Å²) in [6.45, 7) is 0. The molecule has 0 bridgehead atoms. The number of likely N-dealkylation sites (N-methyl/N-ethyl adjacent to an activating group) is 1. The lowest BCUT2D eigenvalue weighted by atomic mass is 9.95. The Kier molecular flexibility index (Phi) is 2.23. The van der Waals surface area contributed by atoms with Crippen LogP contribution in [0.2, 0.25) is 0 Å². The van der Waals surface area contributed by atoms with Gasteiger partial charge in [-0.3, -0.25) is 9.21 Å². The summed E-state index contributed by atoms with van der Waals surface area (Å²) < 4.78 is 1.17. The van der Waals surface area contributed by atoms with Crippen LogP contribution in [0.3, 0.4) is 0 Å². The van der Waals surface area contributed by atoms with Crippen LogP contribution >= 0.6 is 11.8 Å². The van der Waals surface area contributed by atoms with E-state index >= 15 is 0 Å². The monoisotopic (exact) mass is 209 g/mol. The molecule has 0 N–H and O–H groups in total. The smallest absolute Gasteiger partial charge is 0.247 e. The number of rotatable bonds is 2. The van der Waals surface area contributed by atoms with Crippen molar-refractivity contribution in [2.45, 2.75) is 18.3 Å². The first-order chi connectivity index (χ1) is 6.67. The van der Waals surface area contributed by atoms with Crippen molar-refractivity contribution in [2.75, 3.05) is 7.05 Å². The molecule has 0 unspecified atom stereocenters. The molecular weight excluding hydrogens is 198 g/mol. The van der Waals surface area contributed by atoms with Gasteiger partial charge < -0.3 is 0 Å². The zero-order chi connectivity index (χ0) is 10.2. The molecule has 0 atom stereocenters. The third kappa shape index (κ3) is 1.40. The Labute approximate surface area is 88.6 Å². The number of halogens is 1. The van der Waals surface area contributed by atoms with Gasteiger partial charge in [0.05, 0.1) is 5.41 Å². The van der Waals surface area contributed by atoms with E-state index in [1.165, 1.54) is 4.42 Å². The molecule has 1 aliphatic rings. The molecule has 1 amide bonds. The second kappa shape index (κ2) is 3.28. The fourth-order valence-corrected chi connectivity index (χ4v) is 1.96. The van der Waals surface area contributed by atoms with Gasteiger partial charge in [-0.15, -0.1) is 0 Å². The maximum atomic E-state index is 11.8. The van der Waals surface area contributed by atoms with Crippen LogP contribution in [0.25, 0.3) is 0 Å². The topological polar surface area (TPSA) is 20.3 Å². The quantitative estimate of drug-likeness (QED) is 0.685. The third-order valence-electron chi connectivity index (χ3n) is 2.77. The van der Waals surface area contributed by atoms with Gasteiger partial charge in [0.2, 0.25) is 5.91 Å². The van der Waals surface area contributed by atoms with E-state index in [4.69, 9.17) is 11.8 Å². The van der Waals surface area contributed by atoms with E-state index in [1.807, 2.05) is 30.3 Å². The van der Waals surface area contributed by atoms with Gasteiger partial charge in [0.25, 0.3) is 0 Å². The van der Waals surface area contributed by atoms with E-state index in [-0.39, 0.29) is 11.3 Å². The molecule has 0 heterocycles. The zero-order valence-corrected chi connectivity index (χ0v) is 8.79. The highest BCUT2D eigenvalue weighted by Gasteiger charge is 2.52. The second-order valence-electron chi connectivity index (χ2n) is 3.73. The Balaban J connectivity index is 2.30. The highest BCUT2D eigenvalue weighted by Crippen LogP contribution is 2.49. The molecule has 3 heteroatoms. The lowest BCUT2D eigenvalue weighted by molar-refractivity contribution is -0.128. The van der Waals surface area contributed by atoms with E-state index < -0.39 is 0 Å². The highest BCUT2D eigenvalue weighted by molar-refractivity contribution is 6.22. The van der Waals surface area contributed by atoms with Crippen LogP contribution < -0.4 is 0 Å². The summed E-state index contributed by atoms with van der Waals surface area (Å²) in [5, 5.41) is 0. The lowest BCUT2D eigenvalue weighted by Crippen LogP contribution is -2.30. The number of benzene rings is 1. The van der Waals surface area contributed by atoms with Crippen LogP contribution in [-0.2, 0) is 10.2 Å². The number of carbonyl (C=O) groups excluding carboxylic acids is 1. The van der Waals surface area contributed by atoms with Gasteiger partial charge in [-0.25, -0.2) is 0 Å². The van der Waals surface area contributed by atoms with E-state index in [1.54, 1.807) is 7.05 Å². The summed E-state index contributed by atoms with van der Waals surface area (Å²) in [5.41, 5.74) is 0.759. The minimum atomic E-state index is -0.322. The molecule has 0 aliphatic heterocycles. The molecule has 0 radical (unpaired) electrons. The minimum absolute atomic E-state index is 0.00497. The Bertz CT molecular complexity index is 344. The van der Waals surface area contributed by atoms with Crippen LogP contribution in [0.15, 0.2) is 30.3 Å². The maximum absolute atomic E-state index is 11.8. The van der Waals surface area contributed by atoms with Crippen molar-refractivity contribution >= 4 is 17.7 Å². The van der Waals surface area contributed by atoms with Crippen LogP contribution in [0.4, 0.5) is 0 Å². The summed E-state index contributed by atoms with van der Waals surface area (Å²) in [6, 6.07) is 9.85. The Hall–Kier alpha value is -1.02. The number of carbonyl (C=O) groups is 1. The minimum Gasteiger partial charge on any atom is -0.273 e. The summed E-state index contributed by atoms with van der Waals surface area (Å²) in [5.74, 6) is 0.00497. The van der Waals surface area contributed by atoms with Gasteiger partial charge in [0.1, 0.15) is 0 Å².